The molecule has 3 aromatic rings. The first kappa shape index (κ1) is 37.6. The van der Waals surface area contributed by atoms with Crippen molar-refractivity contribution in [2.75, 3.05) is 0 Å². The Morgan fingerprint density at radius 2 is 1.29 bits per heavy atom. The molecular formula is C50H66Si. The predicted octanol–water partition coefficient (Wildman–Crippen LogP) is 14.9. The summed E-state index contributed by atoms with van der Waals surface area (Å²) in [5, 5.41) is 0. The summed E-state index contributed by atoms with van der Waals surface area (Å²) in [5.41, 5.74) is 16.6. The maximum atomic E-state index is 2.73. The molecule has 0 N–H and O–H groups in total. The van der Waals surface area contributed by atoms with Crippen molar-refractivity contribution in [3.63, 3.8) is 0 Å². The van der Waals surface area contributed by atoms with Crippen LogP contribution in [-0.2, 0) is 10.8 Å². The summed E-state index contributed by atoms with van der Waals surface area (Å²) < 4.78 is 0. The average molecular weight is 695 g/mol. The van der Waals surface area contributed by atoms with Crippen LogP contribution >= 0.6 is 0 Å². The lowest BCUT2D eigenvalue weighted by molar-refractivity contribution is 0.570. The molecule has 6 rings (SSSR count). The van der Waals surface area contributed by atoms with E-state index in [4.69, 9.17) is 0 Å². The van der Waals surface area contributed by atoms with Crippen LogP contribution in [0, 0.1) is 17.8 Å². The van der Waals surface area contributed by atoms with Gasteiger partial charge in [0.1, 0.15) is 0 Å². The van der Waals surface area contributed by atoms with Crippen LogP contribution in [-0.4, -0.2) is 8.07 Å². The molecule has 0 heterocycles. The van der Waals surface area contributed by atoms with Crippen molar-refractivity contribution in [2.24, 2.45) is 17.8 Å². The quantitative estimate of drug-likeness (QED) is 0.138. The van der Waals surface area contributed by atoms with Gasteiger partial charge in [-0.25, -0.2) is 0 Å². The largest absolute Gasteiger partial charge is 0.0802 e. The van der Waals surface area contributed by atoms with Crippen molar-refractivity contribution in [1.29, 1.82) is 0 Å². The van der Waals surface area contributed by atoms with E-state index in [2.05, 4.69) is 173 Å². The highest BCUT2D eigenvalue weighted by atomic mass is 28.3. The fourth-order valence-corrected chi connectivity index (χ4v) is 18.0. The van der Waals surface area contributed by atoms with Gasteiger partial charge in [0.2, 0.25) is 0 Å². The molecule has 4 atom stereocenters. The van der Waals surface area contributed by atoms with Gasteiger partial charge in [0.05, 0.1) is 8.07 Å². The fourth-order valence-electron chi connectivity index (χ4n) is 10.1. The van der Waals surface area contributed by atoms with Gasteiger partial charge in [-0.3, -0.25) is 0 Å². The van der Waals surface area contributed by atoms with Gasteiger partial charge in [0, 0.05) is 11.5 Å². The van der Waals surface area contributed by atoms with Crippen LogP contribution in [0.3, 0.4) is 0 Å². The highest BCUT2D eigenvalue weighted by molar-refractivity contribution is 6.84. The first-order valence-corrected chi connectivity index (χ1v) is 22.9. The molecule has 3 aliphatic rings. The lowest BCUT2D eigenvalue weighted by Gasteiger charge is -2.48. The van der Waals surface area contributed by atoms with Gasteiger partial charge in [0.25, 0.3) is 0 Å². The zero-order chi connectivity index (χ0) is 36.7. The van der Waals surface area contributed by atoms with Gasteiger partial charge >= 0.3 is 0 Å². The van der Waals surface area contributed by atoms with Crippen molar-refractivity contribution in [2.45, 2.75) is 136 Å². The monoisotopic (exact) mass is 694 g/mol. The SMILES string of the molecule is CCCC[Si](CCCC)(C1C(C(C)C)=Cc2c(-c3ccc(C(C)(C)C)cc3)cccc21)C1C(C)=CC2C(c3ccc(C(C)(C)C)cc3)=CC=CC21. The first-order valence-electron chi connectivity index (χ1n) is 20.3. The molecule has 0 saturated heterocycles. The molecule has 3 aromatic carbocycles. The molecule has 0 radical (unpaired) electrons. The van der Waals surface area contributed by atoms with Gasteiger partial charge < -0.3 is 0 Å². The van der Waals surface area contributed by atoms with Crippen LogP contribution in [0.1, 0.15) is 135 Å². The van der Waals surface area contributed by atoms with Crippen molar-refractivity contribution < 1.29 is 0 Å². The molecule has 1 heteroatoms. The molecule has 270 valence electrons. The molecule has 51 heavy (non-hydrogen) atoms. The normalized spacial score (nSPS) is 21.8. The topological polar surface area (TPSA) is 0 Å². The smallest absolute Gasteiger partial charge is 0.0738 e. The van der Waals surface area contributed by atoms with Crippen molar-refractivity contribution in [3.05, 3.63) is 130 Å². The third-order valence-electron chi connectivity index (χ3n) is 12.8. The Balaban J connectivity index is 1.48. The zero-order valence-corrected chi connectivity index (χ0v) is 34.9. The summed E-state index contributed by atoms with van der Waals surface area (Å²) >= 11 is 0. The molecule has 0 aromatic heterocycles. The van der Waals surface area contributed by atoms with E-state index in [1.807, 2.05) is 0 Å². The van der Waals surface area contributed by atoms with Crippen LogP contribution in [0.4, 0.5) is 0 Å². The van der Waals surface area contributed by atoms with Crippen LogP contribution in [0.2, 0.25) is 17.6 Å². The molecular weight excluding hydrogens is 629 g/mol. The van der Waals surface area contributed by atoms with Crippen LogP contribution in [0.15, 0.2) is 102 Å². The number of unbranched alkanes of at least 4 members (excludes halogenated alkanes) is 2. The van der Waals surface area contributed by atoms with Gasteiger partial charge in [-0.15, -0.1) is 0 Å². The van der Waals surface area contributed by atoms with E-state index in [0.717, 1.165) is 0 Å². The number of allylic oxidation sites excluding steroid dienone is 7. The Bertz CT molecular complexity index is 1800. The lowest BCUT2D eigenvalue weighted by atomic mass is 9.80. The minimum atomic E-state index is -2.06. The summed E-state index contributed by atoms with van der Waals surface area (Å²) in [4.78, 5) is 0. The summed E-state index contributed by atoms with van der Waals surface area (Å²) in [6.45, 7) is 26.2. The number of hydrogen-bond donors (Lipinski definition) is 0. The number of fused-ring (bicyclic) bond motifs is 2. The number of benzene rings is 3. The highest BCUT2D eigenvalue weighted by Crippen LogP contribution is 2.62. The Morgan fingerprint density at radius 3 is 1.82 bits per heavy atom. The molecule has 0 spiro atoms. The second kappa shape index (κ2) is 14.7. The fraction of sp³-hybridized carbons (Fsp3) is 0.480. The van der Waals surface area contributed by atoms with Gasteiger partial charge in [-0.1, -0.05) is 215 Å². The summed E-state index contributed by atoms with van der Waals surface area (Å²) in [5.74, 6) is 1.52. The number of rotatable bonds is 11. The number of hydrogen-bond acceptors (Lipinski definition) is 0. The molecule has 0 fully saturated rings. The lowest BCUT2D eigenvalue weighted by Crippen LogP contribution is -2.49. The second-order valence-corrected chi connectivity index (χ2v) is 23.3. The summed E-state index contributed by atoms with van der Waals surface area (Å²) in [7, 11) is -2.06. The van der Waals surface area contributed by atoms with Crippen LogP contribution < -0.4 is 0 Å². The molecule has 0 aliphatic heterocycles. The van der Waals surface area contributed by atoms with E-state index in [-0.39, 0.29) is 10.8 Å². The molecule has 4 unspecified atom stereocenters. The standard InChI is InChI=1S/C50H66Si/c1-12-14-30-51(31-15-13-2,47-35(5)32-45-40(18-16-20-42(45)47)36-22-26-38(27-23-36)49(6,7)8)48-43-21-17-19-41(46(43)33-44(48)34(3)4)37-24-28-39(29-25-37)50(9,10)11/h16-29,32-34,42,45,47-48H,12-15,30-31H2,1-11H3. The first-order chi connectivity index (χ1) is 24.2. The molecule has 3 aliphatic carbocycles. The predicted molar refractivity (Wildman–Crippen MR) is 228 cm³/mol. The molecule has 0 amide bonds. The minimum Gasteiger partial charge on any atom is -0.0802 e. The molecule has 0 saturated carbocycles. The Kier molecular flexibility index (Phi) is 10.8. The van der Waals surface area contributed by atoms with E-state index in [0.29, 0.717) is 28.8 Å². The van der Waals surface area contributed by atoms with Gasteiger partial charge in [-0.05, 0) is 79.6 Å². The van der Waals surface area contributed by atoms with E-state index in [1.165, 1.54) is 76.7 Å². The van der Waals surface area contributed by atoms with E-state index >= 15 is 0 Å². The third-order valence-corrected chi connectivity index (χ3v) is 19.2. The Morgan fingerprint density at radius 1 is 0.725 bits per heavy atom. The zero-order valence-electron chi connectivity index (χ0n) is 33.9. The van der Waals surface area contributed by atoms with Gasteiger partial charge in [-0.2, -0.15) is 0 Å². The van der Waals surface area contributed by atoms with Crippen LogP contribution in [0.5, 0.6) is 0 Å². The van der Waals surface area contributed by atoms with Crippen molar-refractivity contribution >= 4 is 19.7 Å². The Labute approximate surface area is 313 Å². The second-order valence-electron chi connectivity index (χ2n) is 18.6. The third kappa shape index (κ3) is 7.14. The maximum Gasteiger partial charge on any atom is 0.0738 e. The van der Waals surface area contributed by atoms with E-state index in [9.17, 15) is 0 Å². The average Bonchev–Trinajstić information content (AvgIpc) is 3.67. The van der Waals surface area contributed by atoms with Gasteiger partial charge in [0.15, 0.2) is 0 Å². The van der Waals surface area contributed by atoms with Crippen LogP contribution in [0.25, 0.3) is 22.8 Å². The van der Waals surface area contributed by atoms with E-state index < -0.39 is 8.07 Å². The van der Waals surface area contributed by atoms with Crippen molar-refractivity contribution in [3.8, 4) is 11.1 Å². The summed E-state index contributed by atoms with van der Waals surface area (Å²) in [6, 6.07) is 29.2. The van der Waals surface area contributed by atoms with Crippen molar-refractivity contribution in [1.82, 2.24) is 0 Å². The highest BCUT2D eigenvalue weighted by Gasteiger charge is 2.56. The summed E-state index contributed by atoms with van der Waals surface area (Å²) in [6.07, 6.45) is 18.1. The minimum absolute atomic E-state index is 0.153. The maximum absolute atomic E-state index is 2.73. The molecule has 0 bridgehead atoms. The molecule has 0 nitrogen and oxygen atoms in total. The van der Waals surface area contributed by atoms with E-state index in [1.54, 1.807) is 16.7 Å². The Hall–Kier alpha value is -3.16.